The van der Waals surface area contributed by atoms with Crippen LogP contribution in [0.15, 0.2) is 18.6 Å². The van der Waals surface area contributed by atoms with Gasteiger partial charge in [-0.25, -0.2) is 8.42 Å². The summed E-state index contributed by atoms with van der Waals surface area (Å²) in [6.07, 6.45) is 5.66. The standard InChI is InChI=1S/C13H21N5O3S/c19-22(20,13-7-16-17-8-13)18-3-4-21-10-11(9-18)5-12-6-14-1-2-15-12/h1-2,6,11,13,16-17H,3-5,7-10H2. The van der Waals surface area contributed by atoms with E-state index in [0.29, 0.717) is 45.8 Å². The molecule has 2 saturated heterocycles. The molecule has 2 N–H and O–H groups in total. The zero-order valence-corrected chi connectivity index (χ0v) is 13.1. The van der Waals surface area contributed by atoms with Crippen molar-refractivity contribution in [2.45, 2.75) is 11.7 Å². The normalized spacial score (nSPS) is 25.2. The molecule has 0 aromatic carbocycles. The van der Waals surface area contributed by atoms with Gasteiger partial charge < -0.3 is 4.74 Å². The second-order valence-corrected chi connectivity index (χ2v) is 7.84. The van der Waals surface area contributed by atoms with Crippen LogP contribution >= 0.6 is 0 Å². The molecule has 0 radical (unpaired) electrons. The van der Waals surface area contributed by atoms with Crippen LogP contribution in [0.2, 0.25) is 0 Å². The molecule has 9 heteroatoms. The summed E-state index contributed by atoms with van der Waals surface area (Å²) in [5.74, 6) is 0.0938. The summed E-state index contributed by atoms with van der Waals surface area (Å²) >= 11 is 0. The van der Waals surface area contributed by atoms with Crippen LogP contribution < -0.4 is 10.9 Å². The maximum atomic E-state index is 12.7. The first-order chi connectivity index (χ1) is 10.7. The third kappa shape index (κ3) is 3.61. The van der Waals surface area contributed by atoms with E-state index in [9.17, 15) is 8.42 Å². The minimum Gasteiger partial charge on any atom is -0.380 e. The van der Waals surface area contributed by atoms with Gasteiger partial charge in [-0.05, 0) is 6.42 Å². The number of rotatable bonds is 4. The quantitative estimate of drug-likeness (QED) is 0.715. The minimum atomic E-state index is -3.32. The first-order valence-electron chi connectivity index (χ1n) is 7.43. The van der Waals surface area contributed by atoms with E-state index < -0.39 is 15.3 Å². The zero-order valence-electron chi connectivity index (χ0n) is 12.3. The minimum absolute atomic E-state index is 0.0938. The number of ether oxygens (including phenoxy) is 1. The fourth-order valence-electron chi connectivity index (χ4n) is 2.80. The Hall–Kier alpha value is -1.13. The number of nitrogens with zero attached hydrogens (tertiary/aromatic N) is 3. The molecule has 1 aromatic heterocycles. The molecule has 3 heterocycles. The summed E-state index contributed by atoms with van der Waals surface area (Å²) in [5.41, 5.74) is 6.62. The van der Waals surface area contributed by atoms with E-state index in [-0.39, 0.29) is 5.92 Å². The van der Waals surface area contributed by atoms with Gasteiger partial charge in [-0.15, -0.1) is 0 Å². The van der Waals surface area contributed by atoms with Gasteiger partial charge in [0.2, 0.25) is 10.0 Å². The Balaban J connectivity index is 1.69. The van der Waals surface area contributed by atoms with Gasteiger partial charge in [-0.3, -0.25) is 20.8 Å². The largest absolute Gasteiger partial charge is 0.380 e. The first kappa shape index (κ1) is 15.8. The Bertz CT molecular complexity index is 577. The Morgan fingerprint density at radius 1 is 1.32 bits per heavy atom. The van der Waals surface area contributed by atoms with Gasteiger partial charge in [-0.2, -0.15) is 4.31 Å². The fourth-order valence-corrected chi connectivity index (χ4v) is 4.56. The van der Waals surface area contributed by atoms with Crippen molar-refractivity contribution in [3.63, 3.8) is 0 Å². The highest BCUT2D eigenvalue weighted by molar-refractivity contribution is 7.89. The van der Waals surface area contributed by atoms with E-state index in [1.807, 2.05) is 0 Å². The van der Waals surface area contributed by atoms with Crippen LogP contribution in [0.4, 0.5) is 0 Å². The Morgan fingerprint density at radius 2 is 2.14 bits per heavy atom. The molecule has 0 bridgehead atoms. The first-order valence-corrected chi connectivity index (χ1v) is 8.94. The molecule has 0 spiro atoms. The van der Waals surface area contributed by atoms with Crippen molar-refractivity contribution < 1.29 is 13.2 Å². The van der Waals surface area contributed by atoms with Gasteiger partial charge in [0.25, 0.3) is 0 Å². The Morgan fingerprint density at radius 3 is 2.86 bits per heavy atom. The molecule has 2 fully saturated rings. The van der Waals surface area contributed by atoms with Gasteiger partial charge in [0.15, 0.2) is 0 Å². The van der Waals surface area contributed by atoms with Crippen molar-refractivity contribution in [1.82, 2.24) is 25.1 Å². The lowest BCUT2D eigenvalue weighted by Gasteiger charge is -2.25. The third-order valence-corrected chi connectivity index (χ3v) is 6.21. The lowest BCUT2D eigenvalue weighted by atomic mass is 10.1. The van der Waals surface area contributed by atoms with Gasteiger partial charge >= 0.3 is 0 Å². The second kappa shape index (κ2) is 6.97. The van der Waals surface area contributed by atoms with Crippen LogP contribution in [-0.4, -0.2) is 67.3 Å². The third-order valence-electron chi connectivity index (χ3n) is 3.98. The van der Waals surface area contributed by atoms with E-state index in [0.717, 1.165) is 5.69 Å². The highest BCUT2D eigenvalue weighted by Crippen LogP contribution is 2.18. The SMILES string of the molecule is O=S(=O)(C1CNNC1)N1CCOCC(Cc2cnccn2)C1. The fraction of sp³-hybridized carbons (Fsp3) is 0.692. The molecule has 8 nitrogen and oxygen atoms in total. The molecule has 1 unspecified atom stereocenters. The number of hydrogen-bond donors (Lipinski definition) is 2. The van der Waals surface area contributed by atoms with Gasteiger partial charge in [0.05, 0.1) is 18.9 Å². The molecule has 0 aliphatic carbocycles. The monoisotopic (exact) mass is 327 g/mol. The molecule has 2 aliphatic rings. The number of aromatic nitrogens is 2. The number of nitrogens with one attached hydrogen (secondary N) is 2. The molecular weight excluding hydrogens is 306 g/mol. The molecule has 1 aromatic rings. The number of sulfonamides is 1. The smallest absolute Gasteiger partial charge is 0.219 e. The molecule has 22 heavy (non-hydrogen) atoms. The van der Waals surface area contributed by atoms with Crippen LogP contribution in [-0.2, 0) is 21.2 Å². The Kier molecular flexibility index (Phi) is 4.99. The van der Waals surface area contributed by atoms with E-state index in [2.05, 4.69) is 20.8 Å². The summed E-state index contributed by atoms with van der Waals surface area (Å²) in [6.45, 7) is 2.74. The summed E-state index contributed by atoms with van der Waals surface area (Å²) in [5, 5.41) is -0.414. The molecular formula is C13H21N5O3S. The highest BCUT2D eigenvalue weighted by Gasteiger charge is 2.36. The van der Waals surface area contributed by atoms with Gasteiger partial charge in [0, 0.05) is 50.7 Å². The van der Waals surface area contributed by atoms with Gasteiger partial charge in [-0.1, -0.05) is 0 Å². The maximum absolute atomic E-state index is 12.7. The summed E-state index contributed by atoms with van der Waals surface area (Å²) in [7, 11) is -3.32. The highest BCUT2D eigenvalue weighted by atomic mass is 32.2. The molecule has 122 valence electrons. The summed E-state index contributed by atoms with van der Waals surface area (Å²) in [6, 6.07) is 0. The maximum Gasteiger partial charge on any atom is 0.219 e. The molecule has 0 amide bonds. The second-order valence-electron chi connectivity index (χ2n) is 5.63. The molecule has 2 aliphatic heterocycles. The van der Waals surface area contributed by atoms with Crippen molar-refractivity contribution in [3.05, 3.63) is 24.3 Å². The number of hydrazine groups is 1. The lowest BCUT2D eigenvalue weighted by molar-refractivity contribution is 0.122. The van der Waals surface area contributed by atoms with Crippen molar-refractivity contribution >= 4 is 10.0 Å². The van der Waals surface area contributed by atoms with E-state index >= 15 is 0 Å². The van der Waals surface area contributed by atoms with Crippen LogP contribution in [0.1, 0.15) is 5.69 Å². The summed E-state index contributed by atoms with van der Waals surface area (Å²) in [4.78, 5) is 8.31. The molecule has 3 rings (SSSR count). The van der Waals surface area contributed by atoms with Gasteiger partial charge in [0.1, 0.15) is 5.25 Å². The Labute approximate surface area is 130 Å². The zero-order chi connectivity index (χ0) is 15.4. The topological polar surface area (TPSA) is 96.5 Å². The van der Waals surface area contributed by atoms with E-state index in [4.69, 9.17) is 4.74 Å². The summed E-state index contributed by atoms with van der Waals surface area (Å²) < 4.78 is 32.6. The van der Waals surface area contributed by atoms with Crippen molar-refractivity contribution in [2.75, 3.05) is 39.4 Å². The average molecular weight is 327 g/mol. The predicted molar refractivity (Wildman–Crippen MR) is 80.3 cm³/mol. The van der Waals surface area contributed by atoms with Crippen LogP contribution in [0.3, 0.4) is 0 Å². The van der Waals surface area contributed by atoms with Crippen molar-refractivity contribution in [3.8, 4) is 0 Å². The predicted octanol–water partition coefficient (Wildman–Crippen LogP) is -1.23. The molecule has 1 atom stereocenters. The van der Waals surface area contributed by atoms with Crippen LogP contribution in [0.25, 0.3) is 0 Å². The van der Waals surface area contributed by atoms with E-state index in [1.165, 1.54) is 0 Å². The average Bonchev–Trinajstić information content (AvgIpc) is 2.96. The van der Waals surface area contributed by atoms with Crippen molar-refractivity contribution in [2.24, 2.45) is 5.92 Å². The van der Waals surface area contributed by atoms with Crippen molar-refractivity contribution in [1.29, 1.82) is 0 Å². The van der Waals surface area contributed by atoms with E-state index in [1.54, 1.807) is 22.9 Å². The molecule has 0 saturated carbocycles. The lowest BCUT2D eigenvalue weighted by Crippen LogP contribution is -2.44. The van der Waals surface area contributed by atoms with Crippen LogP contribution in [0, 0.1) is 5.92 Å². The van der Waals surface area contributed by atoms with Crippen LogP contribution in [0.5, 0.6) is 0 Å². The number of hydrogen-bond acceptors (Lipinski definition) is 7.